The molecular formula is C21H20O7. The van der Waals surface area contributed by atoms with Crippen LogP contribution in [0.25, 0.3) is 11.0 Å². The van der Waals surface area contributed by atoms with E-state index < -0.39 is 12.1 Å². The Morgan fingerprint density at radius 1 is 1.07 bits per heavy atom. The predicted molar refractivity (Wildman–Crippen MR) is 102 cm³/mol. The molecule has 0 bridgehead atoms. The van der Waals surface area contributed by atoms with Crippen molar-refractivity contribution in [1.29, 1.82) is 0 Å². The third kappa shape index (κ3) is 3.78. The number of esters is 1. The van der Waals surface area contributed by atoms with Gasteiger partial charge in [0.15, 0.2) is 17.6 Å². The normalized spacial score (nSPS) is 11.7. The Bertz CT molecular complexity index is 1070. The molecule has 0 aliphatic rings. The molecule has 0 saturated carbocycles. The Morgan fingerprint density at radius 3 is 2.46 bits per heavy atom. The summed E-state index contributed by atoms with van der Waals surface area (Å²) < 4.78 is 27.0. The van der Waals surface area contributed by atoms with E-state index in [4.69, 9.17) is 18.6 Å². The van der Waals surface area contributed by atoms with Crippen LogP contribution in [0, 0.1) is 6.92 Å². The quantitative estimate of drug-likeness (QED) is 0.597. The first-order chi connectivity index (χ1) is 13.4. The molecule has 28 heavy (non-hydrogen) atoms. The van der Waals surface area contributed by atoms with Crippen molar-refractivity contribution in [3.63, 3.8) is 0 Å². The largest absolute Gasteiger partial charge is 0.493 e. The fraction of sp³-hybridized carbons (Fsp3) is 0.238. The maximum atomic E-state index is 12.9. The Morgan fingerprint density at radius 2 is 1.79 bits per heavy atom. The van der Waals surface area contributed by atoms with Crippen molar-refractivity contribution in [2.24, 2.45) is 0 Å². The summed E-state index contributed by atoms with van der Waals surface area (Å²) in [7, 11) is 2.81. The summed E-state index contributed by atoms with van der Waals surface area (Å²) in [5.74, 6) is 1.17. The summed E-state index contributed by atoms with van der Waals surface area (Å²) in [4.78, 5) is 24.4. The first-order valence-corrected chi connectivity index (χ1v) is 8.57. The average Bonchev–Trinajstić information content (AvgIpc) is 2.70. The molecule has 0 fully saturated rings. The highest BCUT2D eigenvalue weighted by Gasteiger charge is 2.18. The van der Waals surface area contributed by atoms with Crippen molar-refractivity contribution < 1.29 is 28.2 Å². The van der Waals surface area contributed by atoms with Gasteiger partial charge in [-0.15, -0.1) is 0 Å². The van der Waals surface area contributed by atoms with Crippen LogP contribution in [0.1, 0.15) is 12.7 Å². The smallest absolute Gasteiger partial charge is 0.346 e. The number of hydrogen-bond acceptors (Lipinski definition) is 7. The van der Waals surface area contributed by atoms with Crippen molar-refractivity contribution in [1.82, 2.24) is 0 Å². The van der Waals surface area contributed by atoms with E-state index in [2.05, 4.69) is 4.74 Å². The summed E-state index contributed by atoms with van der Waals surface area (Å²) in [5, 5.41) is 0.327. The lowest BCUT2D eigenvalue weighted by Crippen LogP contribution is -2.24. The highest BCUT2D eigenvalue weighted by Crippen LogP contribution is 2.32. The van der Waals surface area contributed by atoms with E-state index in [1.165, 1.54) is 14.2 Å². The number of rotatable bonds is 6. The molecule has 1 atom stereocenters. The van der Waals surface area contributed by atoms with Gasteiger partial charge < -0.3 is 23.4 Å². The van der Waals surface area contributed by atoms with E-state index >= 15 is 0 Å². The summed E-state index contributed by atoms with van der Waals surface area (Å²) in [6, 6.07) is 11.7. The fourth-order valence-electron chi connectivity index (χ4n) is 2.69. The molecule has 0 amide bonds. The van der Waals surface area contributed by atoms with E-state index in [-0.39, 0.29) is 11.2 Å². The molecule has 0 aliphatic carbocycles. The minimum absolute atomic E-state index is 0.0774. The Balaban J connectivity index is 1.98. The van der Waals surface area contributed by atoms with Gasteiger partial charge >= 0.3 is 5.97 Å². The minimum Gasteiger partial charge on any atom is -0.493 e. The molecular weight excluding hydrogens is 364 g/mol. The molecule has 7 heteroatoms. The van der Waals surface area contributed by atoms with Crippen molar-refractivity contribution in [2.75, 3.05) is 14.2 Å². The second kappa shape index (κ2) is 8.04. The van der Waals surface area contributed by atoms with Crippen molar-refractivity contribution in [3.8, 4) is 23.0 Å². The van der Waals surface area contributed by atoms with Gasteiger partial charge in [-0.3, -0.25) is 4.79 Å². The van der Waals surface area contributed by atoms with Crippen LogP contribution in [0.2, 0.25) is 0 Å². The lowest BCUT2D eigenvalue weighted by Gasteiger charge is -2.14. The minimum atomic E-state index is -0.788. The van der Waals surface area contributed by atoms with Crippen LogP contribution in [0.15, 0.2) is 51.7 Å². The molecule has 0 unspecified atom stereocenters. The van der Waals surface area contributed by atoms with Gasteiger partial charge in [-0.2, -0.15) is 0 Å². The molecule has 0 radical (unpaired) electrons. The highest BCUT2D eigenvalue weighted by atomic mass is 16.6. The van der Waals surface area contributed by atoms with E-state index in [1.807, 2.05) is 0 Å². The van der Waals surface area contributed by atoms with Gasteiger partial charge in [0.25, 0.3) is 0 Å². The van der Waals surface area contributed by atoms with Gasteiger partial charge in [0, 0.05) is 6.07 Å². The van der Waals surface area contributed by atoms with Crippen molar-refractivity contribution in [3.05, 3.63) is 58.4 Å². The van der Waals surface area contributed by atoms with Gasteiger partial charge in [-0.1, -0.05) is 12.1 Å². The molecule has 2 aromatic carbocycles. The molecule has 0 N–H and O–H groups in total. The van der Waals surface area contributed by atoms with Gasteiger partial charge in [-0.25, -0.2) is 4.79 Å². The van der Waals surface area contributed by atoms with Crippen LogP contribution in [0.4, 0.5) is 0 Å². The van der Waals surface area contributed by atoms with E-state index in [9.17, 15) is 9.59 Å². The highest BCUT2D eigenvalue weighted by molar-refractivity contribution is 5.80. The summed E-state index contributed by atoms with van der Waals surface area (Å²) in [6.07, 6.45) is -0.788. The Hall–Kier alpha value is -3.48. The summed E-state index contributed by atoms with van der Waals surface area (Å²) in [6.45, 7) is 3.21. The molecule has 3 aromatic rings. The number of para-hydroxylation sites is 2. The van der Waals surface area contributed by atoms with Crippen LogP contribution < -0.4 is 19.6 Å². The molecule has 1 aromatic heterocycles. The fourth-order valence-corrected chi connectivity index (χ4v) is 2.69. The molecule has 3 rings (SSSR count). The van der Waals surface area contributed by atoms with E-state index in [0.717, 1.165) is 0 Å². The van der Waals surface area contributed by atoms with Gasteiger partial charge in [0.05, 0.1) is 19.6 Å². The maximum absolute atomic E-state index is 12.9. The second-order valence-corrected chi connectivity index (χ2v) is 6.01. The van der Waals surface area contributed by atoms with Crippen LogP contribution >= 0.6 is 0 Å². The number of carbonyl (C=O) groups excluding carboxylic acids is 1. The predicted octanol–water partition coefficient (Wildman–Crippen LogP) is 3.84. The number of benzene rings is 2. The topological polar surface area (TPSA) is 84.2 Å². The van der Waals surface area contributed by atoms with Gasteiger partial charge in [0.2, 0.25) is 11.2 Å². The van der Waals surface area contributed by atoms with Gasteiger partial charge in [-0.05, 0) is 38.1 Å². The first-order valence-electron chi connectivity index (χ1n) is 8.57. The first kappa shape index (κ1) is 19.3. The molecule has 0 aliphatic heterocycles. The number of carbonyl (C=O) groups is 1. The Kier molecular flexibility index (Phi) is 5.54. The van der Waals surface area contributed by atoms with Crippen molar-refractivity contribution >= 4 is 16.9 Å². The molecule has 0 spiro atoms. The van der Waals surface area contributed by atoms with E-state index in [0.29, 0.717) is 34.0 Å². The molecule has 0 saturated heterocycles. The zero-order valence-electron chi connectivity index (χ0n) is 16.0. The zero-order chi connectivity index (χ0) is 20.3. The van der Waals surface area contributed by atoms with Crippen LogP contribution in [0.5, 0.6) is 23.0 Å². The lowest BCUT2D eigenvalue weighted by atomic mass is 10.2. The molecule has 1 heterocycles. The summed E-state index contributed by atoms with van der Waals surface area (Å²) >= 11 is 0. The number of fused-ring (bicyclic) bond motifs is 1. The van der Waals surface area contributed by atoms with Gasteiger partial charge in [0.1, 0.15) is 17.1 Å². The maximum Gasteiger partial charge on any atom is 0.346 e. The number of methoxy groups -OCH3 is 2. The van der Waals surface area contributed by atoms with Crippen molar-refractivity contribution in [2.45, 2.75) is 20.0 Å². The Labute approximate surface area is 161 Å². The third-order valence-electron chi connectivity index (χ3n) is 4.11. The van der Waals surface area contributed by atoms with Crippen LogP contribution in [-0.4, -0.2) is 26.3 Å². The number of ether oxygens (including phenoxy) is 4. The number of aryl methyl sites for hydroxylation is 1. The monoisotopic (exact) mass is 384 g/mol. The molecule has 146 valence electrons. The van der Waals surface area contributed by atoms with Crippen LogP contribution in [-0.2, 0) is 9.53 Å². The van der Waals surface area contributed by atoms with E-state index in [1.54, 1.807) is 56.3 Å². The number of hydrogen-bond donors (Lipinski definition) is 0. The SMILES string of the molecule is COC(=O)[C@H](C)Oc1ccc2c(=O)c(Oc3ccccc3OC)c(C)oc2c1. The average molecular weight is 384 g/mol. The standard InChI is InChI=1S/C21H20O7/c1-12-20(28-17-8-6-5-7-16(17)24-3)19(22)15-10-9-14(11-18(15)27-12)26-13(2)21(23)25-4/h5-11,13H,1-4H3/t13-/m0/s1. The third-order valence-corrected chi connectivity index (χ3v) is 4.11. The summed E-state index contributed by atoms with van der Waals surface area (Å²) in [5.41, 5.74) is 0.00154. The lowest BCUT2D eigenvalue weighted by molar-refractivity contribution is -0.147. The van der Waals surface area contributed by atoms with Crippen LogP contribution in [0.3, 0.4) is 0 Å². The zero-order valence-corrected chi connectivity index (χ0v) is 16.0. The molecule has 7 nitrogen and oxygen atoms in total. The second-order valence-electron chi connectivity index (χ2n) is 6.01.